The van der Waals surface area contributed by atoms with Gasteiger partial charge in [0.05, 0.1) is 0 Å². The number of nitrogens with zero attached hydrogens (tertiary/aromatic N) is 2. The van der Waals surface area contributed by atoms with Gasteiger partial charge in [0, 0.05) is 0 Å². The van der Waals surface area contributed by atoms with E-state index in [9.17, 15) is 4.79 Å². The Morgan fingerprint density at radius 3 is 2.27 bits per heavy atom. The van der Waals surface area contributed by atoms with Crippen molar-refractivity contribution in [3.8, 4) is 4.97 Å². The van der Waals surface area contributed by atoms with Gasteiger partial charge in [-0.15, -0.1) is 0 Å². The first-order valence-electron chi connectivity index (χ1n) is 6.84. The van der Waals surface area contributed by atoms with Crippen LogP contribution in [0.25, 0.3) is 5.70 Å². The topological polar surface area (TPSA) is 44.1 Å². The van der Waals surface area contributed by atoms with Crippen molar-refractivity contribution in [1.82, 2.24) is 4.90 Å². The van der Waals surface area contributed by atoms with Crippen molar-refractivity contribution in [3.63, 3.8) is 0 Å². The van der Waals surface area contributed by atoms with E-state index in [-0.39, 0.29) is 20.9 Å². The standard InChI is InChI=1S/C18H16N2OSe/c1-15(21)20(12-16-8-4-2-5-9-16)18(13-22-14-19)17-10-6-3-7-11-17/h2-11,13H,12H2,1H3. The zero-order chi connectivity index (χ0) is 15.8. The third-order valence-electron chi connectivity index (χ3n) is 3.15. The van der Waals surface area contributed by atoms with E-state index in [0.29, 0.717) is 6.54 Å². The van der Waals surface area contributed by atoms with Crippen molar-refractivity contribution >= 4 is 26.6 Å². The summed E-state index contributed by atoms with van der Waals surface area (Å²) in [5.74, 6) is -0.0345. The second kappa shape index (κ2) is 8.19. The second-order valence-corrected chi connectivity index (χ2v) is 6.04. The molecule has 1 amide bonds. The summed E-state index contributed by atoms with van der Waals surface area (Å²) in [5, 5.41) is 8.90. The van der Waals surface area contributed by atoms with Crippen molar-refractivity contribution in [3.05, 3.63) is 76.8 Å². The molecule has 2 aromatic rings. The van der Waals surface area contributed by atoms with Gasteiger partial charge in [0.15, 0.2) is 0 Å². The summed E-state index contributed by atoms with van der Waals surface area (Å²) < 4.78 is 0. The first-order valence-corrected chi connectivity index (χ1v) is 8.69. The predicted octanol–water partition coefficient (Wildman–Crippen LogP) is 3.22. The Balaban J connectivity index is 2.37. The molecule has 0 spiro atoms. The monoisotopic (exact) mass is 356 g/mol. The van der Waals surface area contributed by atoms with Crippen molar-refractivity contribution in [2.75, 3.05) is 0 Å². The average molecular weight is 355 g/mol. The van der Waals surface area contributed by atoms with Crippen LogP contribution in [0.2, 0.25) is 0 Å². The molecule has 0 saturated heterocycles. The molecule has 3 nitrogen and oxygen atoms in total. The van der Waals surface area contributed by atoms with Crippen LogP contribution < -0.4 is 0 Å². The van der Waals surface area contributed by atoms with Crippen LogP contribution in [0.1, 0.15) is 18.1 Å². The molecule has 0 radical (unpaired) electrons. The van der Waals surface area contributed by atoms with E-state index in [1.807, 2.05) is 65.6 Å². The van der Waals surface area contributed by atoms with Crippen LogP contribution in [0.4, 0.5) is 0 Å². The number of benzene rings is 2. The zero-order valence-electron chi connectivity index (χ0n) is 12.3. The summed E-state index contributed by atoms with van der Waals surface area (Å²) in [7, 11) is 0. The molecule has 0 aliphatic rings. The Morgan fingerprint density at radius 2 is 1.73 bits per heavy atom. The van der Waals surface area contributed by atoms with Gasteiger partial charge in [-0.3, -0.25) is 0 Å². The average Bonchev–Trinajstić information content (AvgIpc) is 2.56. The number of amides is 1. The fourth-order valence-corrected chi connectivity index (χ4v) is 3.01. The van der Waals surface area contributed by atoms with Crippen molar-refractivity contribution < 1.29 is 4.79 Å². The number of carbonyl (C=O) groups excluding carboxylic acids is 1. The summed E-state index contributed by atoms with van der Waals surface area (Å²) in [5.41, 5.74) is 2.81. The molecular formula is C18H16N2OSe. The molecule has 0 N–H and O–H groups in total. The summed E-state index contributed by atoms with van der Waals surface area (Å²) in [6.07, 6.45) is 0. The summed E-state index contributed by atoms with van der Waals surface area (Å²) in [4.78, 5) is 17.9. The molecule has 4 heteroatoms. The fraction of sp³-hybridized carbons (Fsp3) is 0.111. The van der Waals surface area contributed by atoms with Crippen LogP contribution in [0.15, 0.2) is 65.6 Å². The molecule has 0 fully saturated rings. The SMILES string of the molecule is CC(=O)N(Cc1ccccc1)C(=C[Se]C#N)c1ccccc1. The van der Waals surface area contributed by atoms with Gasteiger partial charge in [-0.25, -0.2) is 0 Å². The molecule has 0 aromatic heterocycles. The first kappa shape index (κ1) is 16.0. The minimum absolute atomic E-state index is 0.0345. The van der Waals surface area contributed by atoms with E-state index in [1.54, 1.807) is 11.8 Å². The number of hydrogen-bond acceptors (Lipinski definition) is 2. The number of hydrogen-bond donors (Lipinski definition) is 0. The Morgan fingerprint density at radius 1 is 1.14 bits per heavy atom. The molecule has 110 valence electrons. The van der Waals surface area contributed by atoms with Gasteiger partial charge >= 0.3 is 137 Å². The maximum atomic E-state index is 12.1. The molecule has 0 bridgehead atoms. The maximum absolute atomic E-state index is 12.1. The van der Waals surface area contributed by atoms with Gasteiger partial charge in [0.25, 0.3) is 0 Å². The number of nitriles is 1. The van der Waals surface area contributed by atoms with E-state index in [0.717, 1.165) is 16.8 Å². The third-order valence-corrected chi connectivity index (χ3v) is 4.08. The van der Waals surface area contributed by atoms with E-state index in [1.165, 1.54) is 0 Å². The second-order valence-electron chi connectivity index (χ2n) is 4.67. The van der Waals surface area contributed by atoms with Crippen molar-refractivity contribution in [2.24, 2.45) is 0 Å². The van der Waals surface area contributed by atoms with E-state index >= 15 is 0 Å². The molecule has 2 aromatic carbocycles. The van der Waals surface area contributed by atoms with Gasteiger partial charge in [-0.1, -0.05) is 0 Å². The Kier molecular flexibility index (Phi) is 5.97. The normalized spacial score (nSPS) is 10.8. The van der Waals surface area contributed by atoms with Crippen LogP contribution in [0.5, 0.6) is 0 Å². The third kappa shape index (κ3) is 4.33. The minimum atomic E-state index is -0.296. The van der Waals surface area contributed by atoms with Crippen LogP contribution in [0, 0.1) is 10.2 Å². The van der Waals surface area contributed by atoms with Crippen LogP contribution in [-0.4, -0.2) is 25.8 Å². The Bertz CT molecular complexity index is 690. The Hall–Kier alpha value is -2.34. The molecule has 0 saturated carbocycles. The van der Waals surface area contributed by atoms with Crippen LogP contribution in [-0.2, 0) is 11.3 Å². The van der Waals surface area contributed by atoms with E-state index in [2.05, 4.69) is 4.97 Å². The first-order chi connectivity index (χ1) is 10.7. The quantitative estimate of drug-likeness (QED) is 0.773. The van der Waals surface area contributed by atoms with E-state index in [4.69, 9.17) is 5.26 Å². The van der Waals surface area contributed by atoms with Gasteiger partial charge in [-0.2, -0.15) is 0 Å². The van der Waals surface area contributed by atoms with Gasteiger partial charge < -0.3 is 0 Å². The van der Waals surface area contributed by atoms with Crippen molar-refractivity contribution in [1.29, 1.82) is 5.26 Å². The van der Waals surface area contributed by atoms with Crippen LogP contribution >= 0.6 is 0 Å². The van der Waals surface area contributed by atoms with Crippen LogP contribution in [0.3, 0.4) is 0 Å². The molecule has 0 heterocycles. The summed E-state index contributed by atoms with van der Waals surface area (Å²) in [6.45, 7) is 2.05. The zero-order valence-corrected chi connectivity index (χ0v) is 14.0. The van der Waals surface area contributed by atoms with Crippen molar-refractivity contribution in [2.45, 2.75) is 13.5 Å². The number of carbonyl (C=O) groups is 1. The molecule has 22 heavy (non-hydrogen) atoms. The molecule has 0 aliphatic carbocycles. The molecule has 0 unspecified atom stereocenters. The fourth-order valence-electron chi connectivity index (χ4n) is 2.11. The van der Waals surface area contributed by atoms with E-state index < -0.39 is 0 Å². The predicted molar refractivity (Wildman–Crippen MR) is 88.5 cm³/mol. The summed E-state index contributed by atoms with van der Waals surface area (Å²) >= 11 is -0.296. The molecule has 0 aliphatic heterocycles. The Labute approximate surface area is 137 Å². The van der Waals surface area contributed by atoms with Gasteiger partial charge in [-0.05, 0) is 0 Å². The van der Waals surface area contributed by atoms with Gasteiger partial charge in [0.1, 0.15) is 0 Å². The summed E-state index contributed by atoms with van der Waals surface area (Å²) in [6, 6.07) is 19.6. The van der Waals surface area contributed by atoms with Gasteiger partial charge in [0.2, 0.25) is 0 Å². The molecule has 2 rings (SSSR count). The number of rotatable bonds is 5. The molecule has 0 atom stereocenters. The molecular weight excluding hydrogens is 339 g/mol.